The van der Waals surface area contributed by atoms with Gasteiger partial charge >= 0.3 is 0 Å². The Kier molecular flexibility index (Phi) is 3.25. The van der Waals surface area contributed by atoms with Crippen molar-refractivity contribution in [3.8, 4) is 12.3 Å². The van der Waals surface area contributed by atoms with E-state index in [1.165, 1.54) is 10.7 Å². The number of hydrogen-bond donors (Lipinski definition) is 3. The molecule has 4 N–H and O–H groups in total. The van der Waals surface area contributed by atoms with Crippen LogP contribution in [-0.4, -0.2) is 54.3 Å². The van der Waals surface area contributed by atoms with Gasteiger partial charge in [-0.25, -0.2) is 18.9 Å². The van der Waals surface area contributed by atoms with Gasteiger partial charge in [0.15, 0.2) is 17.4 Å². The average molecular weight is 307 g/mol. The highest BCUT2D eigenvalue weighted by molar-refractivity contribution is 5.46. The fraction of sp³-hybridized carbons (Fsp3) is 0.462. The number of nitrogen functional groups attached to an aromatic ring is 1. The zero-order chi connectivity index (χ0) is 16.1. The van der Waals surface area contributed by atoms with E-state index in [1.54, 1.807) is 6.92 Å². The number of anilines is 1. The number of halogens is 1. The van der Waals surface area contributed by atoms with Gasteiger partial charge in [0.05, 0.1) is 24.2 Å². The number of ether oxygens (including phenoxy) is 1. The molecule has 1 aliphatic heterocycles. The highest BCUT2D eigenvalue weighted by atomic mass is 19.1. The molecule has 3 rings (SSSR count). The van der Waals surface area contributed by atoms with Crippen molar-refractivity contribution in [3.05, 3.63) is 17.6 Å². The van der Waals surface area contributed by atoms with Gasteiger partial charge in [-0.1, -0.05) is 5.92 Å². The van der Waals surface area contributed by atoms with Crippen molar-refractivity contribution < 1.29 is 19.3 Å². The van der Waals surface area contributed by atoms with Gasteiger partial charge in [-0.3, -0.25) is 0 Å². The number of imidazole rings is 1. The summed E-state index contributed by atoms with van der Waals surface area (Å²) in [7, 11) is 0. The van der Waals surface area contributed by atoms with E-state index in [1.807, 2.05) is 0 Å². The first-order valence-electron chi connectivity index (χ1n) is 6.50. The molecule has 0 bridgehead atoms. The van der Waals surface area contributed by atoms with Crippen LogP contribution in [-0.2, 0) is 4.74 Å². The lowest BCUT2D eigenvalue weighted by Gasteiger charge is -2.23. The number of aliphatic hydroxyl groups is 2. The Morgan fingerprint density at radius 1 is 1.64 bits per heavy atom. The molecule has 0 amide bonds. The molecule has 0 aliphatic carbocycles. The maximum absolute atomic E-state index is 14.4. The minimum Gasteiger partial charge on any atom is -0.392 e. The lowest BCUT2D eigenvalue weighted by atomic mass is 9.96. The zero-order valence-electron chi connectivity index (χ0n) is 11.6. The lowest BCUT2D eigenvalue weighted by molar-refractivity contribution is -0.0732. The second kappa shape index (κ2) is 4.88. The molecule has 0 aromatic carbocycles. The SMILES string of the molecule is C#C[C@]1(CO)O[C@@H](c2cnc3c(C)nc(N)nn23)[C@H](F)[C@@H]1O. The Morgan fingerprint density at radius 3 is 2.95 bits per heavy atom. The van der Waals surface area contributed by atoms with Crippen molar-refractivity contribution in [2.45, 2.75) is 30.9 Å². The van der Waals surface area contributed by atoms with Crippen LogP contribution < -0.4 is 5.73 Å². The molecule has 2 aromatic heterocycles. The summed E-state index contributed by atoms with van der Waals surface area (Å²) in [6.07, 6.45) is 1.88. The first-order valence-corrected chi connectivity index (χ1v) is 6.50. The molecule has 1 saturated heterocycles. The summed E-state index contributed by atoms with van der Waals surface area (Å²) < 4.78 is 21.2. The Hall–Kier alpha value is -2.28. The first kappa shape index (κ1) is 14.6. The third-order valence-corrected chi connectivity index (χ3v) is 3.75. The van der Waals surface area contributed by atoms with E-state index in [9.17, 15) is 14.6 Å². The predicted molar refractivity (Wildman–Crippen MR) is 73.3 cm³/mol. The largest absolute Gasteiger partial charge is 0.392 e. The van der Waals surface area contributed by atoms with E-state index in [0.717, 1.165) is 0 Å². The van der Waals surface area contributed by atoms with Crippen molar-refractivity contribution in [3.63, 3.8) is 0 Å². The van der Waals surface area contributed by atoms with Crippen molar-refractivity contribution in [1.82, 2.24) is 19.6 Å². The smallest absolute Gasteiger partial charge is 0.238 e. The Labute approximate surface area is 124 Å². The number of fused-ring (bicyclic) bond motifs is 1. The van der Waals surface area contributed by atoms with Crippen LogP contribution in [0.1, 0.15) is 17.5 Å². The van der Waals surface area contributed by atoms with Gasteiger partial charge in [-0.15, -0.1) is 11.5 Å². The van der Waals surface area contributed by atoms with Gasteiger partial charge < -0.3 is 20.7 Å². The third-order valence-electron chi connectivity index (χ3n) is 3.75. The number of aromatic nitrogens is 4. The van der Waals surface area contributed by atoms with Crippen molar-refractivity contribution >= 4 is 11.6 Å². The van der Waals surface area contributed by atoms with Gasteiger partial charge in [0.2, 0.25) is 5.95 Å². The number of terminal acetylenes is 1. The van der Waals surface area contributed by atoms with Crippen LogP contribution in [0.5, 0.6) is 0 Å². The fourth-order valence-electron chi connectivity index (χ4n) is 2.55. The molecular weight excluding hydrogens is 293 g/mol. The van der Waals surface area contributed by atoms with Crippen molar-refractivity contribution in [2.75, 3.05) is 12.3 Å². The van der Waals surface area contributed by atoms with Crippen LogP contribution in [0.4, 0.5) is 10.3 Å². The maximum atomic E-state index is 14.4. The molecule has 22 heavy (non-hydrogen) atoms. The molecule has 0 radical (unpaired) electrons. The highest BCUT2D eigenvalue weighted by Gasteiger charge is 2.55. The summed E-state index contributed by atoms with van der Waals surface area (Å²) in [5, 5.41) is 23.3. The van der Waals surface area contributed by atoms with Crippen LogP contribution in [0, 0.1) is 19.3 Å². The summed E-state index contributed by atoms with van der Waals surface area (Å²) in [5.41, 5.74) is 4.91. The number of rotatable bonds is 2. The molecule has 0 unspecified atom stereocenters. The number of nitrogens with zero attached hydrogens (tertiary/aromatic N) is 4. The topological polar surface area (TPSA) is 119 Å². The number of hydrogen-bond acceptors (Lipinski definition) is 7. The van der Waals surface area contributed by atoms with Crippen LogP contribution in [0.15, 0.2) is 6.20 Å². The molecule has 2 aromatic rings. The van der Waals surface area contributed by atoms with Crippen molar-refractivity contribution in [1.29, 1.82) is 0 Å². The second-order valence-electron chi connectivity index (χ2n) is 5.09. The van der Waals surface area contributed by atoms with E-state index in [0.29, 0.717) is 11.3 Å². The lowest BCUT2D eigenvalue weighted by Crippen LogP contribution is -2.44. The molecule has 9 heteroatoms. The van der Waals surface area contributed by atoms with Gasteiger partial charge in [0, 0.05) is 0 Å². The second-order valence-corrected chi connectivity index (χ2v) is 5.09. The fourth-order valence-corrected chi connectivity index (χ4v) is 2.55. The Balaban J connectivity index is 2.11. The number of nitrogens with two attached hydrogens (primary N) is 1. The first-order chi connectivity index (χ1) is 10.4. The van der Waals surface area contributed by atoms with Crippen LogP contribution >= 0.6 is 0 Å². The maximum Gasteiger partial charge on any atom is 0.238 e. The van der Waals surface area contributed by atoms with Gasteiger partial charge in [0.25, 0.3) is 0 Å². The van der Waals surface area contributed by atoms with Gasteiger partial charge in [0.1, 0.15) is 12.2 Å². The van der Waals surface area contributed by atoms with Crippen molar-refractivity contribution in [2.24, 2.45) is 0 Å². The molecule has 3 heterocycles. The highest BCUT2D eigenvalue weighted by Crippen LogP contribution is 2.41. The van der Waals surface area contributed by atoms with E-state index >= 15 is 0 Å². The summed E-state index contributed by atoms with van der Waals surface area (Å²) in [6, 6.07) is 0. The molecule has 0 saturated carbocycles. The molecule has 116 valence electrons. The number of aryl methyl sites for hydroxylation is 1. The van der Waals surface area contributed by atoms with Crippen LogP contribution in [0.25, 0.3) is 5.65 Å². The summed E-state index contributed by atoms with van der Waals surface area (Å²) in [4.78, 5) is 8.07. The monoisotopic (exact) mass is 307 g/mol. The van der Waals surface area contributed by atoms with Gasteiger partial charge in [-0.05, 0) is 6.92 Å². The standard InChI is InChI=1S/C13H14FN5O3/c1-3-13(5-20)10(21)8(14)9(22-13)7-4-16-11-6(2)17-12(15)18-19(7)11/h1,4,8-10,20-21H,5H2,2H3,(H2,15,18)/t8-,9-,10-,13+/m0/s1. The Bertz CT molecular complexity index is 773. The van der Waals surface area contributed by atoms with E-state index in [2.05, 4.69) is 21.0 Å². The van der Waals surface area contributed by atoms with E-state index in [-0.39, 0.29) is 11.6 Å². The molecule has 1 aliphatic rings. The zero-order valence-corrected chi connectivity index (χ0v) is 11.6. The van der Waals surface area contributed by atoms with Crippen LogP contribution in [0.3, 0.4) is 0 Å². The quantitative estimate of drug-likeness (QED) is 0.618. The molecule has 1 fully saturated rings. The number of aliphatic hydroxyl groups excluding tert-OH is 2. The summed E-state index contributed by atoms with van der Waals surface area (Å²) in [5.74, 6) is 2.11. The van der Waals surface area contributed by atoms with Gasteiger partial charge in [-0.2, -0.15) is 0 Å². The molecule has 0 spiro atoms. The summed E-state index contributed by atoms with van der Waals surface area (Å²) >= 11 is 0. The summed E-state index contributed by atoms with van der Waals surface area (Å²) in [6.45, 7) is 0.968. The minimum atomic E-state index is -1.85. The average Bonchev–Trinajstić information content (AvgIpc) is 3.01. The van der Waals surface area contributed by atoms with Crippen LogP contribution in [0.2, 0.25) is 0 Å². The third kappa shape index (κ3) is 1.85. The predicted octanol–water partition coefficient (Wildman–Crippen LogP) is -0.850. The number of alkyl halides is 1. The minimum absolute atomic E-state index is 0.0106. The van der Waals surface area contributed by atoms with E-state index < -0.39 is 30.6 Å². The van der Waals surface area contributed by atoms with E-state index in [4.69, 9.17) is 16.9 Å². The molecular formula is C13H14FN5O3. The molecule has 4 atom stereocenters. The normalized spacial score (nSPS) is 31.5. The Morgan fingerprint density at radius 2 is 2.36 bits per heavy atom. The molecule has 8 nitrogen and oxygen atoms in total.